The van der Waals surface area contributed by atoms with Gasteiger partial charge in [-0.3, -0.25) is 0 Å². The van der Waals surface area contributed by atoms with Gasteiger partial charge >= 0.3 is 5.97 Å². The Kier molecular flexibility index (Phi) is 3.43. The zero-order valence-electron chi connectivity index (χ0n) is 10.8. The number of hydrogen-bond donors (Lipinski definition) is 2. The van der Waals surface area contributed by atoms with Crippen LogP contribution < -0.4 is 5.32 Å². The van der Waals surface area contributed by atoms with Crippen molar-refractivity contribution in [3.63, 3.8) is 0 Å². The highest BCUT2D eigenvalue weighted by atomic mass is 19.1. The molecule has 112 valence electrons. The van der Waals surface area contributed by atoms with E-state index in [1.54, 1.807) is 6.07 Å². The molecule has 10 nitrogen and oxygen atoms in total. The van der Waals surface area contributed by atoms with Crippen molar-refractivity contribution in [1.82, 2.24) is 30.5 Å². The molecule has 0 bridgehead atoms. The molecule has 3 rings (SSSR count). The predicted octanol–water partition coefficient (Wildman–Crippen LogP) is 0.630. The van der Waals surface area contributed by atoms with E-state index in [0.29, 0.717) is 11.4 Å². The Balaban J connectivity index is 1.81. The summed E-state index contributed by atoms with van der Waals surface area (Å²) in [5.74, 6) is -1.46. The van der Waals surface area contributed by atoms with E-state index >= 15 is 0 Å². The van der Waals surface area contributed by atoms with Crippen LogP contribution in [0.2, 0.25) is 0 Å². The third-order valence-electron chi connectivity index (χ3n) is 2.70. The van der Waals surface area contributed by atoms with Gasteiger partial charge in [-0.1, -0.05) is 12.1 Å². The number of nitrogens with one attached hydrogen (secondary N) is 1. The standard InChI is InChI=1S/C11H8FN7O3/c12-7-3-1-2-6(4-7)10-14-17-18-19(10)5-13-9-8(11(20)21)15-22-16-9/h1-4H,5H2,(H,13,16)(H,20,21). The van der Waals surface area contributed by atoms with Crippen molar-refractivity contribution >= 4 is 11.8 Å². The minimum atomic E-state index is -1.29. The molecule has 2 aromatic heterocycles. The van der Waals surface area contributed by atoms with Gasteiger partial charge in [0, 0.05) is 5.56 Å². The molecule has 0 atom stereocenters. The van der Waals surface area contributed by atoms with Crippen LogP contribution in [0.5, 0.6) is 0 Å². The van der Waals surface area contributed by atoms with Crippen molar-refractivity contribution in [2.24, 2.45) is 0 Å². The van der Waals surface area contributed by atoms with E-state index in [0.717, 1.165) is 0 Å². The number of carbonyl (C=O) groups is 1. The number of nitrogens with zero attached hydrogens (tertiary/aromatic N) is 6. The average Bonchev–Trinajstić information content (AvgIpc) is 3.14. The summed E-state index contributed by atoms with van der Waals surface area (Å²) in [6.45, 7) is -0.00661. The average molecular weight is 305 g/mol. The van der Waals surface area contributed by atoms with Crippen molar-refractivity contribution in [2.75, 3.05) is 5.32 Å². The molecule has 3 aromatic rings. The molecule has 22 heavy (non-hydrogen) atoms. The van der Waals surface area contributed by atoms with E-state index in [1.165, 1.54) is 22.9 Å². The summed E-state index contributed by atoms with van der Waals surface area (Å²) in [5, 5.41) is 29.3. The highest BCUT2D eigenvalue weighted by Gasteiger charge is 2.18. The van der Waals surface area contributed by atoms with Gasteiger partial charge in [-0.25, -0.2) is 18.5 Å². The van der Waals surface area contributed by atoms with Crippen LogP contribution in [-0.4, -0.2) is 41.6 Å². The lowest BCUT2D eigenvalue weighted by Crippen LogP contribution is -2.13. The van der Waals surface area contributed by atoms with E-state index in [-0.39, 0.29) is 18.2 Å². The number of halogens is 1. The van der Waals surface area contributed by atoms with Gasteiger partial charge in [-0.2, -0.15) is 0 Å². The van der Waals surface area contributed by atoms with Crippen LogP contribution in [0, 0.1) is 5.82 Å². The monoisotopic (exact) mass is 305 g/mol. The third kappa shape index (κ3) is 2.59. The van der Waals surface area contributed by atoms with E-state index in [9.17, 15) is 9.18 Å². The zero-order valence-corrected chi connectivity index (χ0v) is 10.8. The highest BCUT2D eigenvalue weighted by molar-refractivity contribution is 5.90. The Morgan fingerprint density at radius 3 is 3.05 bits per heavy atom. The number of carboxylic acid groups (broad SMARTS) is 1. The van der Waals surface area contributed by atoms with Gasteiger partial charge in [-0.05, 0) is 32.9 Å². The zero-order chi connectivity index (χ0) is 15.5. The summed E-state index contributed by atoms with van der Waals surface area (Å²) >= 11 is 0. The second-order valence-corrected chi connectivity index (χ2v) is 4.11. The van der Waals surface area contributed by atoms with E-state index in [1.807, 2.05) is 0 Å². The predicted molar refractivity (Wildman–Crippen MR) is 68.1 cm³/mol. The normalized spacial score (nSPS) is 10.6. The van der Waals surface area contributed by atoms with Crippen molar-refractivity contribution in [1.29, 1.82) is 0 Å². The lowest BCUT2D eigenvalue weighted by atomic mass is 10.2. The fourth-order valence-corrected chi connectivity index (χ4v) is 1.74. The van der Waals surface area contributed by atoms with Crippen LogP contribution in [0.1, 0.15) is 10.5 Å². The number of anilines is 1. The van der Waals surface area contributed by atoms with Crippen LogP contribution in [0.4, 0.5) is 10.2 Å². The molecule has 11 heteroatoms. The summed E-state index contributed by atoms with van der Waals surface area (Å²) < 4.78 is 18.9. The van der Waals surface area contributed by atoms with Crippen molar-refractivity contribution in [2.45, 2.75) is 6.67 Å². The van der Waals surface area contributed by atoms with Crippen molar-refractivity contribution in [3.8, 4) is 11.4 Å². The Morgan fingerprint density at radius 1 is 1.41 bits per heavy atom. The van der Waals surface area contributed by atoms with Gasteiger partial charge in [-0.15, -0.1) is 5.10 Å². The van der Waals surface area contributed by atoms with Crippen LogP contribution >= 0.6 is 0 Å². The molecule has 1 aromatic carbocycles. The molecular formula is C11H8FN7O3. The number of aromatic nitrogens is 6. The molecule has 2 N–H and O–H groups in total. The summed E-state index contributed by atoms with van der Waals surface area (Å²) in [5.41, 5.74) is 0.115. The number of rotatable bonds is 5. The second-order valence-electron chi connectivity index (χ2n) is 4.11. The number of benzene rings is 1. The van der Waals surface area contributed by atoms with Gasteiger partial charge in [0.05, 0.1) is 0 Å². The van der Waals surface area contributed by atoms with E-state index in [2.05, 4.69) is 35.8 Å². The fourth-order valence-electron chi connectivity index (χ4n) is 1.74. The van der Waals surface area contributed by atoms with Gasteiger partial charge < -0.3 is 10.4 Å². The molecule has 0 amide bonds. The molecule has 0 fully saturated rings. The molecule has 0 spiro atoms. The molecule has 0 unspecified atom stereocenters. The Labute approximate surface area is 121 Å². The largest absolute Gasteiger partial charge is 0.476 e. The first-order valence-corrected chi connectivity index (χ1v) is 5.97. The van der Waals surface area contributed by atoms with E-state index in [4.69, 9.17) is 5.11 Å². The number of tetrazole rings is 1. The summed E-state index contributed by atoms with van der Waals surface area (Å²) in [7, 11) is 0. The Morgan fingerprint density at radius 2 is 2.27 bits per heavy atom. The number of carboxylic acids is 1. The molecule has 2 heterocycles. The third-order valence-corrected chi connectivity index (χ3v) is 2.70. The maximum atomic E-state index is 13.3. The Bertz CT molecular complexity index is 815. The molecule has 0 aliphatic carbocycles. The van der Waals surface area contributed by atoms with Gasteiger partial charge in [0.25, 0.3) is 0 Å². The minimum Gasteiger partial charge on any atom is -0.476 e. The first-order chi connectivity index (χ1) is 10.6. The topological polar surface area (TPSA) is 132 Å². The maximum Gasteiger partial charge on any atom is 0.362 e. The van der Waals surface area contributed by atoms with Gasteiger partial charge in [0.15, 0.2) is 5.82 Å². The lowest BCUT2D eigenvalue weighted by molar-refractivity contribution is 0.0685. The SMILES string of the molecule is O=C(O)c1nonc1NCn1nnnc1-c1cccc(F)c1. The highest BCUT2D eigenvalue weighted by Crippen LogP contribution is 2.17. The van der Waals surface area contributed by atoms with Gasteiger partial charge in [0.2, 0.25) is 11.5 Å². The van der Waals surface area contributed by atoms with Crippen LogP contribution in [0.25, 0.3) is 11.4 Å². The van der Waals surface area contributed by atoms with Crippen molar-refractivity contribution in [3.05, 3.63) is 35.8 Å². The van der Waals surface area contributed by atoms with Crippen molar-refractivity contribution < 1.29 is 18.9 Å². The second kappa shape index (κ2) is 5.55. The summed E-state index contributed by atoms with van der Waals surface area (Å²) in [4.78, 5) is 10.9. The lowest BCUT2D eigenvalue weighted by Gasteiger charge is -2.05. The first-order valence-electron chi connectivity index (χ1n) is 5.97. The number of aromatic carboxylic acids is 1. The van der Waals surface area contributed by atoms with Gasteiger partial charge in [0.1, 0.15) is 12.5 Å². The minimum absolute atomic E-state index is 0.00661. The summed E-state index contributed by atoms with van der Waals surface area (Å²) in [6.07, 6.45) is 0. The first kappa shape index (κ1) is 13.6. The smallest absolute Gasteiger partial charge is 0.362 e. The van der Waals surface area contributed by atoms with Crippen LogP contribution in [0.3, 0.4) is 0 Å². The fraction of sp³-hybridized carbons (Fsp3) is 0.0909. The molecule has 0 saturated heterocycles. The molecular weight excluding hydrogens is 297 g/mol. The quantitative estimate of drug-likeness (QED) is 0.696. The number of hydrogen-bond acceptors (Lipinski definition) is 8. The van der Waals surface area contributed by atoms with E-state index < -0.39 is 11.8 Å². The maximum absolute atomic E-state index is 13.3. The Hall–Kier alpha value is -3.37. The molecule has 0 aliphatic rings. The molecule has 0 saturated carbocycles. The van der Waals surface area contributed by atoms with Crippen LogP contribution in [0.15, 0.2) is 28.9 Å². The molecule has 0 aliphatic heterocycles. The molecule has 0 radical (unpaired) electrons. The van der Waals surface area contributed by atoms with Crippen LogP contribution in [-0.2, 0) is 6.67 Å². The summed E-state index contributed by atoms with van der Waals surface area (Å²) in [6, 6.07) is 5.76.